The molecule has 31 heavy (non-hydrogen) atoms. The van der Waals surface area contributed by atoms with Crippen LogP contribution in [0, 0.1) is 0 Å². The Morgan fingerprint density at radius 1 is 1.10 bits per heavy atom. The molecule has 0 saturated heterocycles. The van der Waals surface area contributed by atoms with Gasteiger partial charge in [0.1, 0.15) is 0 Å². The second-order valence-corrected chi connectivity index (χ2v) is 9.65. The van der Waals surface area contributed by atoms with Crippen molar-refractivity contribution in [3.05, 3.63) is 93.5 Å². The summed E-state index contributed by atoms with van der Waals surface area (Å²) in [6, 6.07) is 17.4. The number of benzene rings is 2. The van der Waals surface area contributed by atoms with Crippen LogP contribution < -0.4 is 9.61 Å². The molecule has 0 fully saturated rings. The van der Waals surface area contributed by atoms with Crippen LogP contribution in [-0.4, -0.2) is 20.4 Å². The topological polar surface area (TPSA) is 85.9 Å². The SMILES string of the molecule is CS(=O)(=O)Oc1c(CC23CCCc4ccccc4C2=Nc2ccccc23)occc1=O. The quantitative estimate of drug-likeness (QED) is 0.580. The van der Waals surface area contributed by atoms with E-state index in [0.29, 0.717) is 0 Å². The third-order valence-corrected chi connectivity index (χ3v) is 6.50. The highest BCUT2D eigenvalue weighted by atomic mass is 32.2. The minimum absolute atomic E-state index is 0.210. The fourth-order valence-electron chi connectivity index (χ4n) is 4.80. The molecule has 1 aliphatic heterocycles. The average molecular weight is 436 g/mol. The predicted octanol–water partition coefficient (Wildman–Crippen LogP) is 3.93. The van der Waals surface area contributed by atoms with Gasteiger partial charge in [-0.3, -0.25) is 9.79 Å². The molecule has 0 spiro atoms. The molecule has 1 atom stereocenters. The van der Waals surface area contributed by atoms with E-state index in [1.165, 1.54) is 17.9 Å². The highest BCUT2D eigenvalue weighted by molar-refractivity contribution is 7.86. The Kier molecular flexibility index (Phi) is 4.59. The molecular formula is C24H21NO5S. The molecule has 158 valence electrons. The molecule has 1 aromatic heterocycles. The lowest BCUT2D eigenvalue weighted by atomic mass is 9.70. The second-order valence-electron chi connectivity index (χ2n) is 8.07. The fraction of sp³-hybridized carbons (Fsp3) is 0.250. The smallest absolute Gasteiger partial charge is 0.306 e. The van der Waals surface area contributed by atoms with Crippen LogP contribution in [-0.2, 0) is 28.4 Å². The Labute approximate surface area is 180 Å². The van der Waals surface area contributed by atoms with Gasteiger partial charge in [-0.15, -0.1) is 0 Å². The molecule has 0 bridgehead atoms. The van der Waals surface area contributed by atoms with Crippen LogP contribution >= 0.6 is 0 Å². The van der Waals surface area contributed by atoms with E-state index in [9.17, 15) is 13.2 Å². The highest BCUT2D eigenvalue weighted by Crippen LogP contribution is 2.49. The lowest BCUT2D eigenvalue weighted by molar-refractivity contribution is 0.395. The molecule has 7 heteroatoms. The first-order valence-corrected chi connectivity index (χ1v) is 12.0. The second kappa shape index (κ2) is 7.20. The van der Waals surface area contributed by atoms with E-state index in [1.807, 2.05) is 30.3 Å². The van der Waals surface area contributed by atoms with Crippen molar-refractivity contribution in [1.82, 2.24) is 0 Å². The molecule has 0 amide bonds. The van der Waals surface area contributed by atoms with Gasteiger partial charge in [0.25, 0.3) is 0 Å². The van der Waals surface area contributed by atoms with Crippen molar-refractivity contribution in [1.29, 1.82) is 0 Å². The minimum Gasteiger partial charge on any atom is -0.465 e. The minimum atomic E-state index is -3.89. The number of para-hydroxylation sites is 1. The molecule has 0 radical (unpaired) electrons. The van der Waals surface area contributed by atoms with E-state index in [1.54, 1.807) is 0 Å². The Balaban J connectivity index is 1.72. The van der Waals surface area contributed by atoms with Crippen molar-refractivity contribution in [3.8, 4) is 5.75 Å². The number of hydrogen-bond acceptors (Lipinski definition) is 6. The molecule has 1 aliphatic carbocycles. The highest BCUT2D eigenvalue weighted by Gasteiger charge is 2.46. The molecule has 0 saturated carbocycles. The lowest BCUT2D eigenvalue weighted by Gasteiger charge is -2.31. The number of hydrogen-bond donors (Lipinski definition) is 0. The van der Waals surface area contributed by atoms with Gasteiger partial charge in [-0.1, -0.05) is 42.5 Å². The summed E-state index contributed by atoms with van der Waals surface area (Å²) in [7, 11) is -3.89. The summed E-state index contributed by atoms with van der Waals surface area (Å²) >= 11 is 0. The summed E-state index contributed by atoms with van der Waals surface area (Å²) in [5.74, 6) is -0.0673. The third-order valence-electron chi connectivity index (χ3n) is 6.03. The molecule has 2 aliphatic rings. The molecule has 5 rings (SSSR count). The van der Waals surface area contributed by atoms with Gasteiger partial charge in [0, 0.05) is 23.5 Å². The van der Waals surface area contributed by atoms with Crippen molar-refractivity contribution in [3.63, 3.8) is 0 Å². The zero-order valence-corrected chi connectivity index (χ0v) is 17.8. The van der Waals surface area contributed by atoms with Crippen molar-refractivity contribution in [2.24, 2.45) is 4.99 Å². The summed E-state index contributed by atoms with van der Waals surface area (Å²) in [5.41, 5.74) is 4.12. The van der Waals surface area contributed by atoms with Gasteiger partial charge in [0.15, 0.2) is 5.76 Å². The number of fused-ring (bicyclic) bond motifs is 5. The van der Waals surface area contributed by atoms with Gasteiger partial charge >= 0.3 is 10.1 Å². The number of aryl methyl sites for hydroxylation is 1. The van der Waals surface area contributed by atoms with Gasteiger partial charge in [-0.25, -0.2) is 0 Å². The molecule has 0 N–H and O–H groups in total. The number of nitrogens with zero attached hydrogens (tertiary/aromatic N) is 1. The summed E-state index contributed by atoms with van der Waals surface area (Å²) in [6.07, 6.45) is 5.10. The first kappa shape index (κ1) is 19.8. The Hall–Kier alpha value is -3.19. The molecule has 6 nitrogen and oxygen atoms in total. The average Bonchev–Trinajstić information content (AvgIpc) is 2.96. The third kappa shape index (κ3) is 3.39. The van der Waals surface area contributed by atoms with Crippen LogP contribution in [0.25, 0.3) is 0 Å². The fourth-order valence-corrected chi connectivity index (χ4v) is 5.28. The first-order chi connectivity index (χ1) is 14.9. The molecular weight excluding hydrogens is 414 g/mol. The first-order valence-electron chi connectivity index (χ1n) is 10.1. The van der Waals surface area contributed by atoms with E-state index in [-0.39, 0.29) is 17.9 Å². The summed E-state index contributed by atoms with van der Waals surface area (Å²) in [6.45, 7) is 0. The van der Waals surface area contributed by atoms with Crippen LogP contribution in [0.4, 0.5) is 5.69 Å². The number of aliphatic imine (C=N–C) groups is 1. The van der Waals surface area contributed by atoms with Crippen LogP contribution in [0.3, 0.4) is 0 Å². The maximum absolute atomic E-state index is 12.5. The Morgan fingerprint density at radius 2 is 1.87 bits per heavy atom. The van der Waals surface area contributed by atoms with Crippen molar-refractivity contribution in [2.45, 2.75) is 31.1 Å². The van der Waals surface area contributed by atoms with Gasteiger partial charge in [-0.05, 0) is 36.5 Å². The maximum Gasteiger partial charge on any atom is 0.306 e. The summed E-state index contributed by atoms with van der Waals surface area (Å²) in [4.78, 5) is 17.5. The largest absolute Gasteiger partial charge is 0.465 e. The monoisotopic (exact) mass is 435 g/mol. The predicted molar refractivity (Wildman–Crippen MR) is 118 cm³/mol. The molecule has 2 aromatic carbocycles. The maximum atomic E-state index is 12.5. The molecule has 1 unspecified atom stereocenters. The van der Waals surface area contributed by atoms with Gasteiger partial charge < -0.3 is 8.60 Å². The Bertz CT molecular complexity index is 1370. The summed E-state index contributed by atoms with van der Waals surface area (Å²) in [5, 5.41) is 0. The standard InChI is InChI=1S/C24H21NO5S/c1-31(27,28)30-22-20(26)12-14-29-21(22)15-24-13-6-8-16-7-2-3-9-17(16)23(24)25-19-11-5-4-10-18(19)24/h2-5,7,9-12,14H,6,8,13,15H2,1H3. The van der Waals surface area contributed by atoms with Crippen LogP contribution in [0.2, 0.25) is 0 Å². The summed E-state index contributed by atoms with van der Waals surface area (Å²) < 4.78 is 34.4. The van der Waals surface area contributed by atoms with Crippen LogP contribution in [0.15, 0.2) is 75.1 Å². The van der Waals surface area contributed by atoms with Crippen molar-refractivity contribution in [2.75, 3.05) is 6.26 Å². The van der Waals surface area contributed by atoms with Crippen molar-refractivity contribution >= 4 is 21.5 Å². The number of rotatable bonds is 4. The lowest BCUT2D eigenvalue weighted by Crippen LogP contribution is -2.36. The normalized spacial score (nSPS) is 19.6. The van der Waals surface area contributed by atoms with Crippen LogP contribution in [0.5, 0.6) is 5.75 Å². The van der Waals surface area contributed by atoms with Gasteiger partial charge in [0.2, 0.25) is 11.2 Å². The molecule has 3 aromatic rings. The Morgan fingerprint density at radius 3 is 2.71 bits per heavy atom. The van der Waals surface area contributed by atoms with Gasteiger partial charge in [0.05, 0.1) is 23.9 Å². The van der Waals surface area contributed by atoms with Crippen LogP contribution in [0.1, 0.15) is 35.3 Å². The molecule has 2 heterocycles. The van der Waals surface area contributed by atoms with E-state index in [2.05, 4.69) is 18.2 Å². The van der Waals surface area contributed by atoms with E-state index in [4.69, 9.17) is 13.6 Å². The zero-order valence-electron chi connectivity index (χ0n) is 17.0. The van der Waals surface area contributed by atoms with Gasteiger partial charge in [-0.2, -0.15) is 8.42 Å². The van der Waals surface area contributed by atoms with E-state index < -0.39 is 21.0 Å². The zero-order chi connectivity index (χ0) is 21.6. The van der Waals surface area contributed by atoms with E-state index >= 15 is 0 Å². The van der Waals surface area contributed by atoms with Crippen molar-refractivity contribution < 1.29 is 17.0 Å². The van der Waals surface area contributed by atoms with E-state index in [0.717, 1.165) is 48.0 Å².